The first-order valence-electron chi connectivity index (χ1n) is 5.83. The van der Waals surface area contributed by atoms with E-state index in [0.29, 0.717) is 11.1 Å². The van der Waals surface area contributed by atoms with Crippen molar-refractivity contribution in [2.75, 3.05) is 7.11 Å². The molecule has 0 aliphatic rings. The van der Waals surface area contributed by atoms with Gasteiger partial charge in [-0.05, 0) is 29.8 Å². The molecule has 1 heterocycles. The summed E-state index contributed by atoms with van der Waals surface area (Å²) in [6.07, 6.45) is 2.88. The number of hydrogen-bond acceptors (Lipinski definition) is 5. The summed E-state index contributed by atoms with van der Waals surface area (Å²) in [6.45, 7) is 0. The SMILES string of the molecule is COC(=O)c1ccc(CS(=O)(=O)c2ccncc2)cc1. The second-order valence-electron chi connectivity index (χ2n) is 4.13. The largest absolute Gasteiger partial charge is 0.465 e. The Hall–Kier alpha value is -2.21. The normalized spacial score (nSPS) is 11.1. The third kappa shape index (κ3) is 3.21. The molecule has 0 spiro atoms. The van der Waals surface area contributed by atoms with Gasteiger partial charge in [0.2, 0.25) is 0 Å². The Labute approximate surface area is 117 Å². The van der Waals surface area contributed by atoms with Crippen LogP contribution in [0.25, 0.3) is 0 Å². The number of aromatic nitrogens is 1. The van der Waals surface area contributed by atoms with E-state index in [1.807, 2.05) is 0 Å². The minimum Gasteiger partial charge on any atom is -0.465 e. The van der Waals surface area contributed by atoms with Crippen molar-refractivity contribution in [3.8, 4) is 0 Å². The first-order chi connectivity index (χ1) is 9.53. The van der Waals surface area contributed by atoms with Gasteiger partial charge in [-0.15, -0.1) is 0 Å². The van der Waals surface area contributed by atoms with Crippen LogP contribution >= 0.6 is 0 Å². The van der Waals surface area contributed by atoms with Gasteiger partial charge < -0.3 is 4.74 Å². The predicted molar refractivity (Wildman–Crippen MR) is 72.9 cm³/mol. The topological polar surface area (TPSA) is 73.3 Å². The lowest BCUT2D eigenvalue weighted by Gasteiger charge is -2.05. The minimum absolute atomic E-state index is 0.127. The molecule has 5 nitrogen and oxygen atoms in total. The van der Waals surface area contributed by atoms with E-state index < -0.39 is 15.8 Å². The monoisotopic (exact) mass is 291 g/mol. The summed E-state index contributed by atoms with van der Waals surface area (Å²) in [5.41, 5.74) is 0.993. The fraction of sp³-hybridized carbons (Fsp3) is 0.143. The average Bonchev–Trinajstić information content (AvgIpc) is 2.48. The van der Waals surface area contributed by atoms with E-state index in [1.54, 1.807) is 24.3 Å². The van der Waals surface area contributed by atoms with E-state index >= 15 is 0 Å². The third-order valence-corrected chi connectivity index (χ3v) is 4.44. The van der Waals surface area contributed by atoms with Crippen molar-refractivity contribution in [2.24, 2.45) is 0 Å². The van der Waals surface area contributed by atoms with E-state index in [9.17, 15) is 13.2 Å². The zero-order chi connectivity index (χ0) is 14.6. The minimum atomic E-state index is -3.41. The molecule has 2 rings (SSSR count). The number of carbonyl (C=O) groups excluding carboxylic acids is 1. The molecule has 0 radical (unpaired) electrons. The zero-order valence-corrected chi connectivity index (χ0v) is 11.6. The van der Waals surface area contributed by atoms with Crippen LogP contribution in [0.4, 0.5) is 0 Å². The lowest BCUT2D eigenvalue weighted by atomic mass is 10.1. The predicted octanol–water partition coefficient (Wildman–Crippen LogP) is 1.84. The second-order valence-corrected chi connectivity index (χ2v) is 6.12. The summed E-state index contributed by atoms with van der Waals surface area (Å²) in [5, 5.41) is 0. The van der Waals surface area contributed by atoms with Crippen molar-refractivity contribution in [2.45, 2.75) is 10.6 Å². The summed E-state index contributed by atoms with van der Waals surface area (Å²) in [6, 6.07) is 9.21. The van der Waals surface area contributed by atoms with Crippen molar-refractivity contribution in [3.05, 3.63) is 59.9 Å². The molecule has 2 aromatic rings. The van der Waals surface area contributed by atoms with Crippen LogP contribution in [0.5, 0.6) is 0 Å². The smallest absolute Gasteiger partial charge is 0.337 e. The molecular formula is C14H13NO4S. The van der Waals surface area contributed by atoms with Crippen LogP contribution in [-0.2, 0) is 20.3 Å². The van der Waals surface area contributed by atoms with Crippen LogP contribution in [0, 0.1) is 0 Å². The van der Waals surface area contributed by atoms with Crippen LogP contribution in [0.3, 0.4) is 0 Å². The molecule has 0 atom stereocenters. The van der Waals surface area contributed by atoms with E-state index in [2.05, 4.69) is 9.72 Å². The highest BCUT2D eigenvalue weighted by molar-refractivity contribution is 7.90. The lowest BCUT2D eigenvalue weighted by molar-refractivity contribution is 0.0600. The van der Waals surface area contributed by atoms with Crippen molar-refractivity contribution in [1.29, 1.82) is 0 Å². The van der Waals surface area contributed by atoms with Gasteiger partial charge in [-0.3, -0.25) is 4.98 Å². The highest BCUT2D eigenvalue weighted by Crippen LogP contribution is 2.16. The van der Waals surface area contributed by atoms with Gasteiger partial charge in [0.15, 0.2) is 9.84 Å². The van der Waals surface area contributed by atoms with E-state index in [-0.39, 0.29) is 10.6 Å². The number of ether oxygens (including phenoxy) is 1. The van der Waals surface area contributed by atoms with Gasteiger partial charge in [-0.2, -0.15) is 0 Å². The number of nitrogens with zero attached hydrogens (tertiary/aromatic N) is 1. The molecule has 20 heavy (non-hydrogen) atoms. The van der Waals surface area contributed by atoms with Gasteiger partial charge in [0.1, 0.15) is 0 Å². The summed E-state index contributed by atoms with van der Waals surface area (Å²) in [5.74, 6) is -0.577. The number of sulfone groups is 1. The third-order valence-electron chi connectivity index (χ3n) is 2.74. The molecule has 0 bridgehead atoms. The molecule has 0 amide bonds. The van der Waals surface area contributed by atoms with Gasteiger partial charge >= 0.3 is 5.97 Å². The first kappa shape index (κ1) is 14.2. The number of rotatable bonds is 4. The summed E-state index contributed by atoms with van der Waals surface area (Å²) in [7, 11) is -2.11. The molecular weight excluding hydrogens is 278 g/mol. The number of pyridine rings is 1. The molecule has 0 N–H and O–H groups in total. The summed E-state index contributed by atoms with van der Waals surface area (Å²) < 4.78 is 28.9. The molecule has 0 aliphatic carbocycles. The number of esters is 1. The van der Waals surface area contributed by atoms with Gasteiger partial charge in [-0.1, -0.05) is 12.1 Å². The standard InChI is InChI=1S/C14H13NO4S/c1-19-14(16)12-4-2-11(3-5-12)10-20(17,18)13-6-8-15-9-7-13/h2-9H,10H2,1H3. The number of benzene rings is 1. The Kier molecular flexibility index (Phi) is 4.14. The fourth-order valence-electron chi connectivity index (χ4n) is 1.70. The number of methoxy groups -OCH3 is 1. The maximum absolute atomic E-state index is 12.2. The molecule has 1 aromatic heterocycles. The van der Waals surface area contributed by atoms with Crippen LogP contribution in [-0.4, -0.2) is 26.5 Å². The van der Waals surface area contributed by atoms with Gasteiger partial charge in [0.05, 0.1) is 23.3 Å². The zero-order valence-electron chi connectivity index (χ0n) is 10.8. The lowest BCUT2D eigenvalue weighted by Crippen LogP contribution is -2.06. The summed E-state index contributed by atoms with van der Waals surface area (Å²) >= 11 is 0. The quantitative estimate of drug-likeness (QED) is 0.804. The maximum atomic E-state index is 12.2. The Bertz CT molecular complexity index is 694. The maximum Gasteiger partial charge on any atom is 0.337 e. The molecule has 0 saturated carbocycles. The average molecular weight is 291 g/mol. The second kappa shape index (κ2) is 5.83. The molecule has 0 fully saturated rings. The molecule has 6 heteroatoms. The Morgan fingerprint density at radius 2 is 1.70 bits per heavy atom. The molecule has 1 aromatic carbocycles. The Morgan fingerprint density at radius 1 is 1.10 bits per heavy atom. The van der Waals surface area contributed by atoms with Crippen LogP contribution in [0.2, 0.25) is 0 Å². The van der Waals surface area contributed by atoms with Crippen LogP contribution < -0.4 is 0 Å². The van der Waals surface area contributed by atoms with Crippen LogP contribution in [0.15, 0.2) is 53.7 Å². The molecule has 0 saturated heterocycles. The Morgan fingerprint density at radius 3 is 2.25 bits per heavy atom. The van der Waals surface area contributed by atoms with Crippen molar-refractivity contribution in [1.82, 2.24) is 4.98 Å². The van der Waals surface area contributed by atoms with Crippen molar-refractivity contribution in [3.63, 3.8) is 0 Å². The van der Waals surface area contributed by atoms with E-state index in [4.69, 9.17) is 0 Å². The Balaban J connectivity index is 2.20. The van der Waals surface area contributed by atoms with Gasteiger partial charge in [0, 0.05) is 12.4 Å². The highest BCUT2D eigenvalue weighted by atomic mass is 32.2. The fourth-order valence-corrected chi connectivity index (χ4v) is 3.04. The highest BCUT2D eigenvalue weighted by Gasteiger charge is 2.15. The van der Waals surface area contributed by atoms with Crippen LogP contribution in [0.1, 0.15) is 15.9 Å². The van der Waals surface area contributed by atoms with E-state index in [0.717, 1.165) is 0 Å². The van der Waals surface area contributed by atoms with E-state index in [1.165, 1.54) is 31.6 Å². The molecule has 0 aliphatic heterocycles. The van der Waals surface area contributed by atoms with Gasteiger partial charge in [-0.25, -0.2) is 13.2 Å². The van der Waals surface area contributed by atoms with Crippen molar-refractivity contribution >= 4 is 15.8 Å². The van der Waals surface area contributed by atoms with Crippen molar-refractivity contribution < 1.29 is 17.9 Å². The molecule has 104 valence electrons. The molecule has 0 unspecified atom stereocenters. The number of carbonyl (C=O) groups is 1. The summed E-state index contributed by atoms with van der Waals surface area (Å²) in [4.78, 5) is 15.3. The number of hydrogen-bond donors (Lipinski definition) is 0. The van der Waals surface area contributed by atoms with Gasteiger partial charge in [0.25, 0.3) is 0 Å². The first-order valence-corrected chi connectivity index (χ1v) is 7.48.